The summed E-state index contributed by atoms with van der Waals surface area (Å²) in [4.78, 5) is 14.2. The highest BCUT2D eigenvalue weighted by atomic mass is 35.5. The number of nitrogens with one attached hydrogen (secondary N) is 1. The molecule has 4 bridgehead atoms. The Labute approximate surface area is 270 Å². The maximum absolute atomic E-state index is 17.2. The predicted octanol–water partition coefficient (Wildman–Crippen LogP) is 6.41. The Balaban J connectivity index is 1.15. The third-order valence-electron chi connectivity index (χ3n) is 12.2. The Morgan fingerprint density at radius 1 is 1.07 bits per heavy atom. The van der Waals surface area contributed by atoms with Gasteiger partial charge < -0.3 is 20.1 Å². The van der Waals surface area contributed by atoms with Crippen molar-refractivity contribution in [1.29, 1.82) is 0 Å². The fourth-order valence-corrected chi connectivity index (χ4v) is 10.1. The number of benzene rings is 3. The zero-order chi connectivity index (χ0) is 31.1. The minimum absolute atomic E-state index is 0.0315. The smallest absolute Gasteiger partial charge is 0.319 e. The van der Waals surface area contributed by atoms with Gasteiger partial charge in [0.25, 0.3) is 0 Å². The van der Waals surface area contributed by atoms with Crippen molar-refractivity contribution >= 4 is 39.1 Å². The Morgan fingerprint density at radius 3 is 2.54 bits per heavy atom. The lowest BCUT2D eigenvalue weighted by molar-refractivity contribution is -0.0287. The van der Waals surface area contributed by atoms with E-state index >= 15 is 8.78 Å². The maximum Gasteiger partial charge on any atom is 0.319 e. The first-order valence-electron chi connectivity index (χ1n) is 16.7. The highest BCUT2D eigenvalue weighted by Gasteiger charge is 2.59. The molecule has 4 aliphatic carbocycles. The summed E-state index contributed by atoms with van der Waals surface area (Å²) in [5.41, 5.74) is 0.982. The van der Waals surface area contributed by atoms with Crippen molar-refractivity contribution < 1.29 is 18.6 Å². The first kappa shape index (κ1) is 27.8. The molecule has 3 aliphatic heterocycles. The van der Waals surface area contributed by atoms with Crippen LogP contribution in [0.1, 0.15) is 44.1 Å². The maximum atomic E-state index is 17.2. The molecule has 11 rings (SSSR count). The molecule has 4 aromatic rings. The van der Waals surface area contributed by atoms with Crippen LogP contribution in [-0.2, 0) is 5.41 Å². The Bertz CT molecular complexity index is 1940. The van der Waals surface area contributed by atoms with Crippen molar-refractivity contribution in [1.82, 2.24) is 20.2 Å². The molecule has 0 radical (unpaired) electrons. The molecule has 0 amide bonds. The topological polar surface area (TPSA) is 73.8 Å². The first-order chi connectivity index (χ1) is 22.2. The van der Waals surface area contributed by atoms with Gasteiger partial charge in [0.05, 0.1) is 5.02 Å². The van der Waals surface area contributed by atoms with E-state index in [1.165, 1.54) is 18.6 Å². The monoisotopic (exact) mass is 643 g/mol. The summed E-state index contributed by atoms with van der Waals surface area (Å²) in [7, 11) is 2.13. The van der Waals surface area contributed by atoms with E-state index in [0.717, 1.165) is 57.7 Å². The van der Waals surface area contributed by atoms with Crippen LogP contribution in [0.3, 0.4) is 0 Å². The number of aromatic nitrogens is 2. The largest absolute Gasteiger partial charge is 0.508 e. The van der Waals surface area contributed by atoms with Crippen LogP contribution in [0.15, 0.2) is 30.3 Å². The summed E-state index contributed by atoms with van der Waals surface area (Å²) in [5, 5.41) is 16.5. The molecule has 4 heterocycles. The Morgan fingerprint density at radius 2 is 1.85 bits per heavy atom. The molecule has 3 aromatic carbocycles. The van der Waals surface area contributed by atoms with Crippen LogP contribution in [-0.4, -0.2) is 71.4 Å². The van der Waals surface area contributed by atoms with Crippen LogP contribution < -0.4 is 15.0 Å². The van der Waals surface area contributed by atoms with E-state index in [-0.39, 0.29) is 45.1 Å². The van der Waals surface area contributed by atoms with Gasteiger partial charge in [-0.15, -0.1) is 0 Å². The molecule has 1 aromatic heterocycles. The summed E-state index contributed by atoms with van der Waals surface area (Å²) in [6, 6.07) is 9.13. The third-order valence-corrected chi connectivity index (χ3v) is 12.5. The molecule has 46 heavy (non-hydrogen) atoms. The lowest BCUT2D eigenvalue weighted by Gasteiger charge is -2.62. The summed E-state index contributed by atoms with van der Waals surface area (Å²) in [6.07, 6.45) is 6.20. The molecule has 7 fully saturated rings. The molecule has 3 saturated heterocycles. The average Bonchev–Trinajstić information content (AvgIpc) is 3.54. The molecule has 238 valence electrons. The summed E-state index contributed by atoms with van der Waals surface area (Å²) in [6.45, 7) is 3.02. The van der Waals surface area contributed by atoms with Crippen LogP contribution in [0.2, 0.25) is 5.02 Å². The second kappa shape index (κ2) is 9.64. The van der Waals surface area contributed by atoms with E-state index < -0.39 is 5.82 Å². The summed E-state index contributed by atoms with van der Waals surface area (Å²) >= 11 is 7.03. The van der Waals surface area contributed by atoms with Crippen molar-refractivity contribution in [2.75, 3.05) is 38.2 Å². The molecule has 0 spiro atoms. The van der Waals surface area contributed by atoms with Crippen molar-refractivity contribution in [3.63, 3.8) is 0 Å². The number of anilines is 1. The number of piperidine rings is 1. The number of aromatic hydroxyl groups is 1. The summed E-state index contributed by atoms with van der Waals surface area (Å²) in [5.74, 6) is 1.67. The minimum Gasteiger partial charge on any atom is -0.508 e. The highest BCUT2D eigenvalue weighted by molar-refractivity contribution is 6.35. The average molecular weight is 644 g/mol. The Kier molecular flexibility index (Phi) is 5.83. The predicted molar refractivity (Wildman–Crippen MR) is 174 cm³/mol. The van der Waals surface area contributed by atoms with Gasteiger partial charge in [-0.3, -0.25) is 4.90 Å². The fourth-order valence-electron chi connectivity index (χ4n) is 9.80. The number of phenols is 1. The van der Waals surface area contributed by atoms with Gasteiger partial charge in [0.15, 0.2) is 5.82 Å². The van der Waals surface area contributed by atoms with E-state index in [0.29, 0.717) is 63.6 Å². The standard InChI is InChI=1S/C36H36ClF2N5O2/c1-43-13-19-7-23(19)28(43)16-46-35-41-33-25(34(42-35)44-14-20-3-4-21(15-44)40-20)9-26(37)30(32(33)39)24-8-22(45)6-18-2-5-27(38)31(29(18)24)36-10-17(11-36)12-36/h2,5-6,8-9,17,19-21,23,28,40,45H,3-4,7,10-16H2,1H3/t17?,19?,20?,21?,23?,28-,36?/m1/s1. The molecule has 10 heteroatoms. The second-order valence-corrected chi connectivity index (χ2v) is 15.5. The molecule has 5 atom stereocenters. The number of phenolic OH excluding ortho intramolecular Hbond substituents is 1. The highest BCUT2D eigenvalue weighted by Crippen LogP contribution is 2.67. The fraction of sp³-hybridized carbons (Fsp3) is 0.500. The molecular formula is C36H36ClF2N5O2. The number of piperazine rings is 1. The lowest BCUT2D eigenvalue weighted by Crippen LogP contribution is -2.55. The zero-order valence-electron chi connectivity index (χ0n) is 25.7. The first-order valence-corrected chi connectivity index (χ1v) is 17.1. The quantitative estimate of drug-likeness (QED) is 0.252. The van der Waals surface area contributed by atoms with E-state index in [4.69, 9.17) is 26.3 Å². The van der Waals surface area contributed by atoms with Gasteiger partial charge in [0.1, 0.15) is 29.5 Å². The Hall–Kier alpha value is -3.27. The van der Waals surface area contributed by atoms with Crippen LogP contribution in [0.5, 0.6) is 11.8 Å². The second-order valence-electron chi connectivity index (χ2n) is 15.1. The third kappa shape index (κ3) is 4.00. The van der Waals surface area contributed by atoms with Gasteiger partial charge in [0, 0.05) is 54.3 Å². The number of rotatable bonds is 6. The van der Waals surface area contributed by atoms with Crippen molar-refractivity contribution in [3.8, 4) is 22.9 Å². The number of hydrogen-bond acceptors (Lipinski definition) is 7. The van der Waals surface area contributed by atoms with E-state index in [1.54, 1.807) is 18.2 Å². The van der Waals surface area contributed by atoms with E-state index in [9.17, 15) is 5.11 Å². The molecule has 2 N–H and O–H groups in total. The van der Waals surface area contributed by atoms with E-state index in [1.807, 2.05) is 0 Å². The number of ether oxygens (including phenoxy) is 1. The lowest BCUT2D eigenvalue weighted by atomic mass is 9.42. The molecule has 7 aliphatic rings. The molecular weight excluding hydrogens is 608 g/mol. The van der Waals surface area contributed by atoms with Gasteiger partial charge in [-0.1, -0.05) is 17.7 Å². The van der Waals surface area contributed by atoms with Crippen molar-refractivity contribution in [2.24, 2.45) is 17.8 Å². The summed E-state index contributed by atoms with van der Waals surface area (Å²) < 4.78 is 39.2. The normalized spacial score (nSPS) is 32.5. The van der Waals surface area contributed by atoms with Gasteiger partial charge in [-0.05, 0) is 109 Å². The van der Waals surface area contributed by atoms with Gasteiger partial charge in [0.2, 0.25) is 0 Å². The van der Waals surface area contributed by atoms with Crippen LogP contribution in [0.25, 0.3) is 32.8 Å². The van der Waals surface area contributed by atoms with Gasteiger partial charge in [-0.2, -0.15) is 9.97 Å². The molecule has 4 saturated carbocycles. The van der Waals surface area contributed by atoms with Crippen molar-refractivity contribution in [2.45, 2.75) is 62.1 Å². The SMILES string of the molecule is CN1CC2CC2[C@H]1COc1nc(N2CC3CCC(C2)N3)c2cc(Cl)c(-c3cc(O)cc4ccc(F)c(C56CC(C5)C6)c34)c(F)c2n1. The number of hydrogen-bond donors (Lipinski definition) is 2. The van der Waals surface area contributed by atoms with Crippen LogP contribution in [0.4, 0.5) is 14.6 Å². The van der Waals surface area contributed by atoms with Gasteiger partial charge in [-0.25, -0.2) is 8.78 Å². The van der Waals surface area contributed by atoms with Crippen LogP contribution >= 0.6 is 11.6 Å². The molecule has 4 unspecified atom stereocenters. The number of likely N-dealkylation sites (tertiary alicyclic amines) is 1. The zero-order valence-corrected chi connectivity index (χ0v) is 26.5. The minimum atomic E-state index is -0.617. The number of halogens is 3. The van der Waals surface area contributed by atoms with E-state index in [2.05, 4.69) is 22.2 Å². The number of nitrogens with zero attached hydrogens (tertiary/aromatic N) is 4. The number of fused-ring (bicyclic) bond motifs is 5. The van der Waals surface area contributed by atoms with Crippen molar-refractivity contribution in [3.05, 3.63) is 52.6 Å². The van der Waals surface area contributed by atoms with Gasteiger partial charge >= 0.3 is 6.01 Å². The van der Waals surface area contributed by atoms with Crippen LogP contribution in [0, 0.1) is 29.4 Å². The number of likely N-dealkylation sites (N-methyl/N-ethyl adjacent to an activating group) is 1. The molecule has 7 nitrogen and oxygen atoms in total.